The van der Waals surface area contributed by atoms with E-state index < -0.39 is 37.2 Å². The van der Waals surface area contributed by atoms with Crippen molar-refractivity contribution in [1.82, 2.24) is 5.32 Å². The van der Waals surface area contributed by atoms with Crippen molar-refractivity contribution < 1.29 is 32.2 Å². The number of ether oxygens (including phenoxy) is 1. The molecule has 112 valence electrons. The summed E-state index contributed by atoms with van der Waals surface area (Å²) in [6.45, 7) is -2.54. The van der Waals surface area contributed by atoms with Gasteiger partial charge in [0.05, 0.1) is 6.10 Å². The van der Waals surface area contributed by atoms with Gasteiger partial charge >= 0.3 is 6.18 Å². The van der Waals surface area contributed by atoms with E-state index in [1.165, 1.54) is 18.2 Å². The van der Waals surface area contributed by atoms with E-state index in [1.807, 2.05) is 0 Å². The average Bonchev–Trinajstić information content (AvgIpc) is 2.34. The number of carbonyl (C=O) groups excluding carboxylic acids is 1. The number of amides is 1. The van der Waals surface area contributed by atoms with Gasteiger partial charge in [0.25, 0.3) is 0 Å². The summed E-state index contributed by atoms with van der Waals surface area (Å²) in [6.07, 6.45) is -5.65. The molecule has 0 fully saturated rings. The van der Waals surface area contributed by atoms with Gasteiger partial charge in [0, 0.05) is 6.54 Å². The highest BCUT2D eigenvalue weighted by Gasteiger charge is 2.27. The predicted molar refractivity (Wildman–Crippen MR) is 61.2 cm³/mol. The standard InChI is InChI=1S/C12H13F4NO3/c13-9-3-1-2-8(4-9)10(18)5-17-11(19)6-20-7-12(14,15)16/h1-4,10,18H,5-7H2,(H,17,19). The van der Waals surface area contributed by atoms with Gasteiger partial charge in [0.15, 0.2) is 0 Å². The lowest BCUT2D eigenvalue weighted by Crippen LogP contribution is -2.32. The molecule has 0 aliphatic heterocycles. The minimum absolute atomic E-state index is 0.251. The second kappa shape index (κ2) is 7.20. The Balaban J connectivity index is 2.30. The van der Waals surface area contributed by atoms with Gasteiger partial charge in [-0.25, -0.2) is 4.39 Å². The molecule has 0 aliphatic carbocycles. The fourth-order valence-electron chi connectivity index (χ4n) is 1.35. The molecule has 4 nitrogen and oxygen atoms in total. The van der Waals surface area contributed by atoms with Crippen molar-refractivity contribution in [3.63, 3.8) is 0 Å². The average molecular weight is 295 g/mol. The fourth-order valence-corrected chi connectivity index (χ4v) is 1.35. The van der Waals surface area contributed by atoms with Crippen LogP contribution in [0.5, 0.6) is 0 Å². The lowest BCUT2D eigenvalue weighted by molar-refractivity contribution is -0.175. The molecule has 1 aromatic carbocycles. The van der Waals surface area contributed by atoms with E-state index in [0.29, 0.717) is 0 Å². The molecule has 0 radical (unpaired) electrons. The summed E-state index contributed by atoms with van der Waals surface area (Å²) >= 11 is 0. The van der Waals surface area contributed by atoms with Crippen LogP contribution in [0.3, 0.4) is 0 Å². The topological polar surface area (TPSA) is 58.6 Å². The molecule has 0 saturated heterocycles. The van der Waals surface area contributed by atoms with Crippen molar-refractivity contribution in [2.75, 3.05) is 19.8 Å². The van der Waals surface area contributed by atoms with Crippen molar-refractivity contribution in [2.45, 2.75) is 12.3 Å². The van der Waals surface area contributed by atoms with E-state index in [-0.39, 0.29) is 12.1 Å². The van der Waals surface area contributed by atoms with Gasteiger partial charge in [-0.05, 0) is 17.7 Å². The van der Waals surface area contributed by atoms with Crippen LogP contribution < -0.4 is 5.32 Å². The lowest BCUT2D eigenvalue weighted by Gasteiger charge is -2.13. The van der Waals surface area contributed by atoms with E-state index >= 15 is 0 Å². The molecular weight excluding hydrogens is 282 g/mol. The Kier molecular flexibility index (Phi) is 5.90. The number of aliphatic hydroxyl groups is 1. The third-order valence-electron chi connectivity index (χ3n) is 2.22. The predicted octanol–water partition coefficient (Wildman–Crippen LogP) is 1.55. The van der Waals surface area contributed by atoms with Crippen LogP contribution in [0.15, 0.2) is 24.3 Å². The van der Waals surface area contributed by atoms with Gasteiger partial charge in [0.1, 0.15) is 19.0 Å². The molecule has 0 bridgehead atoms. The van der Waals surface area contributed by atoms with E-state index in [2.05, 4.69) is 10.1 Å². The maximum Gasteiger partial charge on any atom is 0.411 e. The Hall–Kier alpha value is -1.67. The molecule has 1 atom stereocenters. The molecule has 0 saturated carbocycles. The SMILES string of the molecule is O=C(COCC(F)(F)F)NCC(O)c1cccc(F)c1. The van der Waals surface area contributed by atoms with Crippen LogP contribution in [0.4, 0.5) is 17.6 Å². The Morgan fingerprint density at radius 1 is 1.40 bits per heavy atom. The van der Waals surface area contributed by atoms with Crippen molar-refractivity contribution in [2.24, 2.45) is 0 Å². The molecule has 8 heteroatoms. The largest absolute Gasteiger partial charge is 0.411 e. The molecular formula is C12H13F4NO3. The summed E-state index contributed by atoms with van der Waals surface area (Å²) in [4.78, 5) is 11.1. The monoisotopic (exact) mass is 295 g/mol. The quantitative estimate of drug-likeness (QED) is 0.783. The molecule has 1 rings (SSSR count). The van der Waals surface area contributed by atoms with Gasteiger partial charge in [-0.1, -0.05) is 12.1 Å². The van der Waals surface area contributed by atoms with Crippen LogP contribution >= 0.6 is 0 Å². The van der Waals surface area contributed by atoms with E-state index in [4.69, 9.17) is 0 Å². The second-order valence-electron chi connectivity index (χ2n) is 3.98. The van der Waals surface area contributed by atoms with Crippen molar-refractivity contribution in [3.05, 3.63) is 35.6 Å². The number of hydrogen-bond acceptors (Lipinski definition) is 3. The van der Waals surface area contributed by atoms with E-state index in [0.717, 1.165) is 6.07 Å². The highest BCUT2D eigenvalue weighted by molar-refractivity contribution is 5.77. The van der Waals surface area contributed by atoms with Crippen LogP contribution in [-0.4, -0.2) is 36.9 Å². The van der Waals surface area contributed by atoms with Crippen LogP contribution in [0, 0.1) is 5.82 Å². The number of nitrogens with one attached hydrogen (secondary N) is 1. The fraction of sp³-hybridized carbons (Fsp3) is 0.417. The van der Waals surface area contributed by atoms with Crippen LogP contribution in [0.1, 0.15) is 11.7 Å². The maximum absolute atomic E-state index is 12.9. The summed E-state index contributed by atoms with van der Waals surface area (Å²) in [7, 11) is 0. The molecule has 0 heterocycles. The number of halogens is 4. The van der Waals surface area contributed by atoms with Gasteiger partial charge in [0.2, 0.25) is 5.91 Å². The minimum Gasteiger partial charge on any atom is -0.387 e. The number of aliphatic hydroxyl groups excluding tert-OH is 1. The Morgan fingerprint density at radius 3 is 2.70 bits per heavy atom. The Bertz CT molecular complexity index is 451. The highest BCUT2D eigenvalue weighted by atomic mass is 19.4. The molecule has 20 heavy (non-hydrogen) atoms. The first-order valence-electron chi connectivity index (χ1n) is 5.62. The van der Waals surface area contributed by atoms with Crippen molar-refractivity contribution in [1.29, 1.82) is 0 Å². The number of carbonyl (C=O) groups is 1. The van der Waals surface area contributed by atoms with E-state index in [9.17, 15) is 27.5 Å². The van der Waals surface area contributed by atoms with E-state index in [1.54, 1.807) is 0 Å². The number of alkyl halides is 3. The van der Waals surface area contributed by atoms with Gasteiger partial charge in [-0.15, -0.1) is 0 Å². The molecule has 2 N–H and O–H groups in total. The minimum atomic E-state index is -4.50. The van der Waals surface area contributed by atoms with Gasteiger partial charge in [-0.3, -0.25) is 4.79 Å². The zero-order valence-corrected chi connectivity index (χ0v) is 10.3. The van der Waals surface area contributed by atoms with Crippen molar-refractivity contribution >= 4 is 5.91 Å². The first-order chi connectivity index (χ1) is 9.28. The summed E-state index contributed by atoms with van der Waals surface area (Å²) in [5.41, 5.74) is 0.251. The normalized spacial score (nSPS) is 13.1. The smallest absolute Gasteiger partial charge is 0.387 e. The third kappa shape index (κ3) is 6.48. The first-order valence-corrected chi connectivity index (χ1v) is 5.62. The molecule has 1 amide bonds. The zero-order valence-electron chi connectivity index (χ0n) is 10.3. The number of benzene rings is 1. The third-order valence-corrected chi connectivity index (χ3v) is 2.22. The molecule has 0 aromatic heterocycles. The van der Waals surface area contributed by atoms with Gasteiger partial charge in [-0.2, -0.15) is 13.2 Å². The first kappa shape index (κ1) is 16.4. The lowest BCUT2D eigenvalue weighted by atomic mass is 10.1. The maximum atomic E-state index is 12.9. The molecule has 1 aromatic rings. The second-order valence-corrected chi connectivity index (χ2v) is 3.98. The Morgan fingerprint density at radius 2 is 2.10 bits per heavy atom. The van der Waals surface area contributed by atoms with Crippen molar-refractivity contribution in [3.8, 4) is 0 Å². The summed E-state index contributed by atoms with van der Waals surface area (Å²) < 4.78 is 52.3. The van der Waals surface area contributed by atoms with Crippen LogP contribution in [0.2, 0.25) is 0 Å². The van der Waals surface area contributed by atoms with Crippen LogP contribution in [-0.2, 0) is 9.53 Å². The summed E-state index contributed by atoms with van der Waals surface area (Å²) in [5.74, 6) is -1.34. The Labute approximate surface area is 112 Å². The zero-order chi connectivity index (χ0) is 15.2. The highest BCUT2D eigenvalue weighted by Crippen LogP contribution is 2.14. The number of rotatable bonds is 6. The summed E-state index contributed by atoms with van der Waals surface area (Å²) in [5, 5.41) is 11.8. The molecule has 0 spiro atoms. The molecule has 1 unspecified atom stereocenters. The van der Waals surface area contributed by atoms with Crippen LogP contribution in [0.25, 0.3) is 0 Å². The van der Waals surface area contributed by atoms with Gasteiger partial charge < -0.3 is 15.2 Å². The summed E-state index contributed by atoms with van der Waals surface area (Å²) in [6, 6.07) is 5.14. The molecule has 0 aliphatic rings. The number of hydrogen-bond donors (Lipinski definition) is 2.